The third-order valence-electron chi connectivity index (χ3n) is 6.52. The maximum absolute atomic E-state index is 10.5. The molecule has 24 heavy (non-hydrogen) atoms. The van der Waals surface area contributed by atoms with Crippen LogP contribution in [0.4, 0.5) is 0 Å². The van der Waals surface area contributed by atoms with Gasteiger partial charge in [0, 0.05) is 5.39 Å². The number of hydrogen-bond acceptors (Lipinski definition) is 3. The van der Waals surface area contributed by atoms with Crippen molar-refractivity contribution in [2.24, 2.45) is 17.8 Å². The van der Waals surface area contributed by atoms with Crippen molar-refractivity contribution < 1.29 is 14.2 Å². The van der Waals surface area contributed by atoms with Crippen LogP contribution >= 0.6 is 0 Å². The summed E-state index contributed by atoms with van der Waals surface area (Å²) in [6.45, 7) is 6.55. The maximum Gasteiger partial charge on any atom is 0.296 e. The molecule has 0 unspecified atom stereocenters. The van der Waals surface area contributed by atoms with Gasteiger partial charge in [0.1, 0.15) is 5.58 Å². The Kier molecular flexibility index (Phi) is 4.01. The molecule has 4 heteroatoms. The van der Waals surface area contributed by atoms with Crippen LogP contribution in [0.15, 0.2) is 34.9 Å². The summed E-state index contributed by atoms with van der Waals surface area (Å²) in [6.07, 6.45) is 4.46. The van der Waals surface area contributed by atoms with Gasteiger partial charge in [0.25, 0.3) is 7.48 Å². The van der Waals surface area contributed by atoms with E-state index in [-0.39, 0.29) is 11.9 Å². The molecule has 0 saturated heterocycles. The fraction of sp³-hybridized carbons (Fsp3) is 0.600. The van der Waals surface area contributed by atoms with Crippen molar-refractivity contribution in [3.8, 4) is 0 Å². The topological polar surface area (TPSA) is 42.6 Å². The average molecular weight is 325 g/mol. The molecule has 1 aromatic carbocycles. The molecule has 3 nitrogen and oxygen atoms in total. The molecule has 0 amide bonds. The van der Waals surface area contributed by atoms with Gasteiger partial charge in [-0.2, -0.15) is 0 Å². The van der Waals surface area contributed by atoms with Crippen molar-refractivity contribution >= 4 is 18.5 Å². The van der Waals surface area contributed by atoms with E-state index in [0.29, 0.717) is 17.8 Å². The van der Waals surface area contributed by atoms with E-state index in [9.17, 15) is 5.11 Å². The Balaban J connectivity index is 1.40. The Morgan fingerprint density at radius 2 is 2.17 bits per heavy atom. The largest absolute Gasteiger partial charge is 0.464 e. The minimum Gasteiger partial charge on any atom is -0.464 e. The van der Waals surface area contributed by atoms with Crippen molar-refractivity contribution in [2.45, 2.75) is 57.6 Å². The third kappa shape index (κ3) is 2.51. The number of fused-ring (bicyclic) bond motifs is 3. The number of hydrogen-bond donors (Lipinski definition) is 1. The zero-order chi connectivity index (χ0) is 16.9. The van der Waals surface area contributed by atoms with Crippen molar-refractivity contribution in [2.75, 3.05) is 0 Å². The van der Waals surface area contributed by atoms with Crippen molar-refractivity contribution in [3.05, 3.63) is 36.1 Å². The molecule has 0 spiro atoms. The number of aliphatic hydroxyl groups excluding tert-OH is 1. The van der Waals surface area contributed by atoms with Gasteiger partial charge in [-0.05, 0) is 61.4 Å². The van der Waals surface area contributed by atoms with Gasteiger partial charge in [-0.3, -0.25) is 0 Å². The van der Waals surface area contributed by atoms with Gasteiger partial charge in [-0.25, -0.2) is 0 Å². The second-order valence-corrected chi connectivity index (χ2v) is 8.09. The predicted molar refractivity (Wildman–Crippen MR) is 96.0 cm³/mol. The van der Waals surface area contributed by atoms with E-state index in [0.717, 1.165) is 18.4 Å². The van der Waals surface area contributed by atoms with Crippen LogP contribution < -0.4 is 0 Å². The van der Waals surface area contributed by atoms with E-state index in [4.69, 9.17) is 9.07 Å². The third-order valence-corrected chi connectivity index (χ3v) is 6.52. The summed E-state index contributed by atoms with van der Waals surface area (Å²) in [4.78, 5) is 0. The fourth-order valence-corrected chi connectivity index (χ4v) is 4.74. The minimum atomic E-state index is -0.430. The lowest BCUT2D eigenvalue weighted by Crippen LogP contribution is -2.63. The van der Waals surface area contributed by atoms with Gasteiger partial charge < -0.3 is 14.2 Å². The smallest absolute Gasteiger partial charge is 0.296 e. The Morgan fingerprint density at radius 1 is 1.38 bits per heavy atom. The number of aliphatic hydroxyl groups is 1. The monoisotopic (exact) mass is 325 g/mol. The minimum absolute atomic E-state index is 0.267. The zero-order valence-corrected chi connectivity index (χ0v) is 14.7. The first-order valence-electron chi connectivity index (χ1n) is 9.13. The summed E-state index contributed by atoms with van der Waals surface area (Å²) in [5, 5.41) is 11.7. The van der Waals surface area contributed by atoms with Crippen molar-refractivity contribution in [1.29, 1.82) is 0 Å². The molecule has 0 aliphatic heterocycles. The lowest BCUT2D eigenvalue weighted by Gasteiger charge is -2.60. The Labute approximate surface area is 144 Å². The van der Waals surface area contributed by atoms with Crippen LogP contribution in [0.3, 0.4) is 0 Å². The van der Waals surface area contributed by atoms with Gasteiger partial charge in [0.15, 0.2) is 0 Å². The Bertz CT molecular complexity index is 726. The van der Waals surface area contributed by atoms with Gasteiger partial charge in [-0.15, -0.1) is 0 Å². The SMILES string of the molecule is C[C@@H]1[C@@H]2C[C@@H](O)[C@@](C)(O[B][C@@H](C)Cc3coc4ccccc34)[C@H]1C2. The van der Waals surface area contributed by atoms with E-state index in [1.54, 1.807) is 0 Å². The van der Waals surface area contributed by atoms with Crippen LogP contribution in [0, 0.1) is 17.8 Å². The van der Waals surface area contributed by atoms with Crippen molar-refractivity contribution in [3.63, 3.8) is 0 Å². The van der Waals surface area contributed by atoms with Crippen LogP contribution in [0.25, 0.3) is 11.0 Å². The summed E-state index contributed by atoms with van der Waals surface area (Å²) in [5.74, 6) is 2.10. The molecule has 1 heterocycles. The summed E-state index contributed by atoms with van der Waals surface area (Å²) < 4.78 is 11.8. The van der Waals surface area contributed by atoms with Gasteiger partial charge in [0.05, 0.1) is 18.0 Å². The average Bonchev–Trinajstić information content (AvgIpc) is 2.98. The second kappa shape index (κ2) is 5.92. The summed E-state index contributed by atoms with van der Waals surface area (Å²) in [6, 6.07) is 8.13. The normalized spacial score (nSPS) is 36.3. The highest BCUT2D eigenvalue weighted by atomic mass is 16.5. The van der Waals surface area contributed by atoms with Crippen molar-refractivity contribution in [1.82, 2.24) is 0 Å². The van der Waals surface area contributed by atoms with Crippen LogP contribution in [-0.4, -0.2) is 24.3 Å². The molecule has 127 valence electrons. The summed E-state index contributed by atoms with van der Waals surface area (Å²) in [7, 11) is 1.94. The first-order chi connectivity index (χ1) is 11.5. The molecule has 3 aliphatic carbocycles. The molecular formula is C20H26BO3. The van der Waals surface area contributed by atoms with E-state index in [2.05, 4.69) is 26.8 Å². The van der Waals surface area contributed by atoms with E-state index in [1.807, 2.05) is 31.9 Å². The molecule has 3 saturated carbocycles. The van der Waals surface area contributed by atoms with Gasteiger partial charge >= 0.3 is 0 Å². The van der Waals surface area contributed by atoms with Crippen LogP contribution in [0.2, 0.25) is 5.82 Å². The van der Waals surface area contributed by atoms with Gasteiger partial charge in [-0.1, -0.05) is 32.0 Å². The highest BCUT2D eigenvalue weighted by Gasteiger charge is 2.57. The predicted octanol–water partition coefficient (Wildman–Crippen LogP) is 4.22. The molecule has 2 bridgehead atoms. The first kappa shape index (κ1) is 16.2. The van der Waals surface area contributed by atoms with Crippen LogP contribution in [0.1, 0.15) is 39.2 Å². The molecular weight excluding hydrogens is 299 g/mol. The number of para-hydroxylation sites is 1. The summed E-state index contributed by atoms with van der Waals surface area (Å²) >= 11 is 0. The van der Waals surface area contributed by atoms with Crippen LogP contribution in [-0.2, 0) is 11.1 Å². The highest BCUT2D eigenvalue weighted by molar-refractivity contribution is 6.29. The van der Waals surface area contributed by atoms with E-state index < -0.39 is 5.60 Å². The molecule has 3 fully saturated rings. The second-order valence-electron chi connectivity index (χ2n) is 8.09. The highest BCUT2D eigenvalue weighted by Crippen LogP contribution is 2.56. The standard InChI is InChI=1S/C20H26BO3/c1-12(8-15-11-23-18-7-5-4-6-16(15)18)21-24-20(3)17-9-14(13(17)2)10-19(20)22/h4-7,11-14,17,19,22H,8-10H2,1-3H3/t12-,13+,14-,17-,19+,20-/m0/s1. The molecule has 1 radical (unpaired) electrons. The molecule has 2 aromatic rings. The summed E-state index contributed by atoms with van der Waals surface area (Å²) in [5.41, 5.74) is 1.72. The molecule has 6 atom stereocenters. The number of benzene rings is 1. The van der Waals surface area contributed by atoms with E-state index in [1.165, 1.54) is 17.4 Å². The zero-order valence-electron chi connectivity index (χ0n) is 14.7. The molecule has 5 rings (SSSR count). The lowest BCUT2D eigenvalue weighted by atomic mass is 9.50. The van der Waals surface area contributed by atoms with Gasteiger partial charge in [0.2, 0.25) is 0 Å². The molecule has 3 aliphatic rings. The van der Waals surface area contributed by atoms with Crippen LogP contribution in [0.5, 0.6) is 0 Å². The number of furan rings is 1. The Morgan fingerprint density at radius 3 is 2.96 bits per heavy atom. The lowest BCUT2D eigenvalue weighted by molar-refractivity contribution is -0.196. The molecule has 1 aromatic heterocycles. The first-order valence-corrected chi connectivity index (χ1v) is 9.13. The van der Waals surface area contributed by atoms with E-state index >= 15 is 0 Å². The fourth-order valence-electron chi connectivity index (χ4n) is 4.74. The maximum atomic E-state index is 10.5. The quantitative estimate of drug-likeness (QED) is 0.837. The molecule has 1 N–H and O–H groups in total. The Hall–Kier alpha value is -1.26. The number of rotatable bonds is 5.